The van der Waals surface area contributed by atoms with E-state index in [1.807, 2.05) is 0 Å². The first-order chi connectivity index (χ1) is 6.22. The first kappa shape index (κ1) is 9.57. The predicted molar refractivity (Wildman–Crippen MR) is 51.3 cm³/mol. The second-order valence-electron chi connectivity index (χ2n) is 2.69. The number of hydrogen-bond acceptors (Lipinski definition) is 5. The summed E-state index contributed by atoms with van der Waals surface area (Å²) < 4.78 is 5.30. The molecule has 13 heavy (non-hydrogen) atoms. The van der Waals surface area contributed by atoms with Crippen LogP contribution >= 0.6 is 0 Å². The molecule has 0 atom stereocenters. The lowest BCUT2D eigenvalue weighted by Gasteiger charge is -2.04. The Morgan fingerprint density at radius 3 is 2.77 bits per heavy atom. The minimum Gasteiger partial charge on any atom is -0.477 e. The quantitative estimate of drug-likeness (QED) is 0.673. The van der Waals surface area contributed by atoms with Gasteiger partial charge in [-0.1, -0.05) is 13.3 Å². The molecule has 1 rings (SSSR count). The molecule has 72 valence electrons. The van der Waals surface area contributed by atoms with Gasteiger partial charge in [-0.3, -0.25) is 0 Å². The number of nitrogens with two attached hydrogens (primary N) is 2. The van der Waals surface area contributed by atoms with E-state index in [4.69, 9.17) is 16.2 Å². The van der Waals surface area contributed by atoms with Crippen LogP contribution < -0.4 is 16.2 Å². The normalized spacial score (nSPS) is 9.92. The summed E-state index contributed by atoms with van der Waals surface area (Å²) >= 11 is 0. The van der Waals surface area contributed by atoms with Crippen LogP contribution in [0.15, 0.2) is 6.07 Å². The highest BCUT2D eigenvalue weighted by molar-refractivity contribution is 5.38. The van der Waals surface area contributed by atoms with Crippen LogP contribution in [0.3, 0.4) is 0 Å². The lowest BCUT2D eigenvalue weighted by atomic mass is 10.4. The van der Waals surface area contributed by atoms with Crippen LogP contribution in [0.2, 0.25) is 0 Å². The number of aromatic nitrogens is 2. The standard InChI is InChI=1S/C8H14N4O/c1-2-3-4-13-7-5-6(9)11-8(10)12-7/h5H,2-4H2,1H3,(H4,9,10,11,12). The molecule has 4 N–H and O–H groups in total. The Morgan fingerprint density at radius 1 is 1.38 bits per heavy atom. The second-order valence-corrected chi connectivity index (χ2v) is 2.69. The average Bonchev–Trinajstić information content (AvgIpc) is 2.03. The van der Waals surface area contributed by atoms with Crippen molar-refractivity contribution in [2.24, 2.45) is 0 Å². The molecule has 0 saturated carbocycles. The van der Waals surface area contributed by atoms with Crippen LogP contribution in [-0.2, 0) is 0 Å². The van der Waals surface area contributed by atoms with Crippen molar-refractivity contribution in [3.63, 3.8) is 0 Å². The highest BCUT2D eigenvalue weighted by Crippen LogP contribution is 2.11. The molecule has 0 aliphatic rings. The molecule has 0 saturated heterocycles. The van der Waals surface area contributed by atoms with Crippen LogP contribution in [0, 0.1) is 0 Å². The third-order valence-electron chi connectivity index (χ3n) is 1.49. The monoisotopic (exact) mass is 182 g/mol. The fourth-order valence-electron chi connectivity index (χ4n) is 0.856. The molecule has 0 aromatic carbocycles. The Labute approximate surface area is 77.1 Å². The summed E-state index contributed by atoms with van der Waals surface area (Å²) in [6.45, 7) is 2.72. The van der Waals surface area contributed by atoms with Crippen molar-refractivity contribution in [2.45, 2.75) is 19.8 Å². The Balaban J connectivity index is 2.56. The number of rotatable bonds is 4. The van der Waals surface area contributed by atoms with Gasteiger partial charge in [0.25, 0.3) is 0 Å². The number of nitrogens with zero attached hydrogens (tertiary/aromatic N) is 2. The van der Waals surface area contributed by atoms with Gasteiger partial charge in [0, 0.05) is 6.07 Å². The highest BCUT2D eigenvalue weighted by atomic mass is 16.5. The number of unbranched alkanes of at least 4 members (excludes halogenated alkanes) is 1. The molecule has 0 radical (unpaired) electrons. The maximum absolute atomic E-state index is 5.45. The first-order valence-electron chi connectivity index (χ1n) is 4.25. The van der Waals surface area contributed by atoms with Crippen molar-refractivity contribution in [1.29, 1.82) is 0 Å². The van der Waals surface area contributed by atoms with E-state index in [0.29, 0.717) is 18.3 Å². The Morgan fingerprint density at radius 2 is 2.15 bits per heavy atom. The zero-order valence-electron chi connectivity index (χ0n) is 7.66. The van der Waals surface area contributed by atoms with Gasteiger partial charge in [-0.2, -0.15) is 9.97 Å². The molecular weight excluding hydrogens is 168 g/mol. The van der Waals surface area contributed by atoms with E-state index in [1.165, 1.54) is 0 Å². The topological polar surface area (TPSA) is 87.0 Å². The van der Waals surface area contributed by atoms with Gasteiger partial charge < -0.3 is 16.2 Å². The molecule has 0 bridgehead atoms. The number of anilines is 2. The fourth-order valence-corrected chi connectivity index (χ4v) is 0.856. The van der Waals surface area contributed by atoms with Crippen LogP contribution in [0.1, 0.15) is 19.8 Å². The van der Waals surface area contributed by atoms with Gasteiger partial charge in [-0.05, 0) is 6.42 Å². The molecule has 0 aliphatic heterocycles. The third kappa shape index (κ3) is 3.14. The summed E-state index contributed by atoms with van der Waals surface area (Å²) in [5.41, 5.74) is 10.8. The molecule has 0 amide bonds. The SMILES string of the molecule is CCCCOc1cc(N)nc(N)n1. The first-order valence-corrected chi connectivity index (χ1v) is 4.25. The Hall–Kier alpha value is -1.52. The van der Waals surface area contributed by atoms with E-state index in [9.17, 15) is 0 Å². The number of hydrogen-bond donors (Lipinski definition) is 2. The lowest BCUT2D eigenvalue weighted by Crippen LogP contribution is -2.04. The summed E-state index contributed by atoms with van der Waals surface area (Å²) in [6, 6.07) is 1.56. The Kier molecular flexibility index (Phi) is 3.31. The molecule has 1 aromatic heterocycles. The molecule has 1 heterocycles. The predicted octanol–water partition coefficient (Wildman–Crippen LogP) is 0.820. The van der Waals surface area contributed by atoms with Gasteiger partial charge in [0.1, 0.15) is 5.82 Å². The molecule has 0 unspecified atom stereocenters. The summed E-state index contributed by atoms with van der Waals surface area (Å²) in [6.07, 6.45) is 2.07. The summed E-state index contributed by atoms with van der Waals surface area (Å²) in [5, 5.41) is 0. The van der Waals surface area contributed by atoms with E-state index >= 15 is 0 Å². The molecular formula is C8H14N4O. The molecule has 0 aliphatic carbocycles. The average molecular weight is 182 g/mol. The second kappa shape index (κ2) is 4.49. The maximum atomic E-state index is 5.45. The van der Waals surface area contributed by atoms with E-state index in [0.717, 1.165) is 12.8 Å². The molecule has 0 fully saturated rings. The molecule has 1 aromatic rings. The van der Waals surface area contributed by atoms with Crippen LogP contribution in [0.4, 0.5) is 11.8 Å². The van der Waals surface area contributed by atoms with E-state index in [1.54, 1.807) is 6.07 Å². The molecule has 5 nitrogen and oxygen atoms in total. The smallest absolute Gasteiger partial charge is 0.225 e. The van der Waals surface area contributed by atoms with Gasteiger partial charge in [-0.25, -0.2) is 0 Å². The van der Waals surface area contributed by atoms with Crippen LogP contribution in [0.5, 0.6) is 5.88 Å². The third-order valence-corrected chi connectivity index (χ3v) is 1.49. The zero-order chi connectivity index (χ0) is 9.68. The molecule has 0 spiro atoms. The van der Waals surface area contributed by atoms with Crippen molar-refractivity contribution in [3.8, 4) is 5.88 Å². The number of nitrogen functional groups attached to an aromatic ring is 2. The van der Waals surface area contributed by atoms with Gasteiger partial charge >= 0.3 is 0 Å². The number of ether oxygens (including phenoxy) is 1. The van der Waals surface area contributed by atoms with Crippen molar-refractivity contribution in [2.75, 3.05) is 18.1 Å². The van der Waals surface area contributed by atoms with Crippen LogP contribution in [-0.4, -0.2) is 16.6 Å². The summed E-state index contributed by atoms with van der Waals surface area (Å²) in [5.74, 6) is 0.920. The minimum atomic E-state index is 0.145. The van der Waals surface area contributed by atoms with E-state index in [2.05, 4.69) is 16.9 Å². The minimum absolute atomic E-state index is 0.145. The maximum Gasteiger partial charge on any atom is 0.225 e. The van der Waals surface area contributed by atoms with Gasteiger partial charge in [0.2, 0.25) is 11.8 Å². The zero-order valence-corrected chi connectivity index (χ0v) is 7.66. The molecule has 5 heteroatoms. The summed E-state index contributed by atoms with van der Waals surface area (Å²) in [7, 11) is 0. The van der Waals surface area contributed by atoms with Gasteiger partial charge in [-0.15, -0.1) is 0 Å². The Bertz CT molecular complexity index is 257. The van der Waals surface area contributed by atoms with Gasteiger partial charge in [0.05, 0.1) is 6.61 Å². The highest BCUT2D eigenvalue weighted by Gasteiger charge is 1.99. The van der Waals surface area contributed by atoms with E-state index < -0.39 is 0 Å². The lowest BCUT2D eigenvalue weighted by molar-refractivity contribution is 0.298. The van der Waals surface area contributed by atoms with Crippen molar-refractivity contribution in [3.05, 3.63) is 6.07 Å². The van der Waals surface area contributed by atoms with Crippen molar-refractivity contribution in [1.82, 2.24) is 9.97 Å². The van der Waals surface area contributed by atoms with Crippen molar-refractivity contribution < 1.29 is 4.74 Å². The van der Waals surface area contributed by atoms with Crippen LogP contribution in [0.25, 0.3) is 0 Å². The van der Waals surface area contributed by atoms with Crippen molar-refractivity contribution >= 4 is 11.8 Å². The van der Waals surface area contributed by atoms with E-state index in [-0.39, 0.29) is 5.95 Å². The summed E-state index contributed by atoms with van der Waals surface area (Å²) in [4.78, 5) is 7.60. The largest absolute Gasteiger partial charge is 0.477 e. The van der Waals surface area contributed by atoms with Gasteiger partial charge in [0.15, 0.2) is 0 Å². The fraction of sp³-hybridized carbons (Fsp3) is 0.500.